The molecule has 1 atom stereocenters. The lowest BCUT2D eigenvalue weighted by atomic mass is 9.83. The van der Waals surface area contributed by atoms with Crippen molar-refractivity contribution in [2.75, 3.05) is 18.1 Å². The Bertz CT molecular complexity index is 1200. The van der Waals surface area contributed by atoms with Gasteiger partial charge >= 0.3 is 5.97 Å². The molecular weight excluding hydrogens is 450 g/mol. The molecule has 1 N–H and O–H groups in total. The minimum atomic E-state index is -3.94. The first-order valence-electron chi connectivity index (χ1n) is 10.6. The van der Waals surface area contributed by atoms with Gasteiger partial charge in [0.15, 0.2) is 9.84 Å². The van der Waals surface area contributed by atoms with Crippen LogP contribution in [-0.2, 0) is 24.6 Å². The van der Waals surface area contributed by atoms with Crippen LogP contribution in [0.15, 0.2) is 47.4 Å². The molecule has 9 heteroatoms. The second kappa shape index (κ2) is 9.62. The summed E-state index contributed by atoms with van der Waals surface area (Å²) in [6.07, 6.45) is 6.23. The minimum Gasteiger partial charge on any atom is -0.465 e. The molecule has 3 rings (SSSR count). The number of esters is 1. The second-order valence-electron chi connectivity index (χ2n) is 8.26. The summed E-state index contributed by atoms with van der Waals surface area (Å²) in [7, 11) is -6.18. The Morgan fingerprint density at radius 3 is 2.34 bits per heavy atom. The number of ether oxygens (including phenoxy) is 1. The number of sulfonamides is 1. The fourth-order valence-electron chi connectivity index (χ4n) is 4.08. The van der Waals surface area contributed by atoms with E-state index in [4.69, 9.17) is 4.74 Å². The standard InChI is InChI=1S/C23H29NO6S2/c1-16(18-10-7-11-19(14-18)23(25)30-2)32(28,29)24-22-15-20(31(3,26)27)12-13-21(22)17-8-5-4-6-9-17/h7,10-17,24H,4-6,8-9H2,1-3H3. The topological polar surface area (TPSA) is 107 Å². The van der Waals surface area contributed by atoms with E-state index >= 15 is 0 Å². The third-order valence-corrected chi connectivity index (χ3v) is 8.81. The van der Waals surface area contributed by atoms with Crippen molar-refractivity contribution in [3.05, 3.63) is 59.2 Å². The van der Waals surface area contributed by atoms with Gasteiger partial charge in [-0.25, -0.2) is 21.6 Å². The monoisotopic (exact) mass is 479 g/mol. The van der Waals surface area contributed by atoms with Crippen molar-refractivity contribution >= 4 is 31.5 Å². The highest BCUT2D eigenvalue weighted by Gasteiger charge is 2.27. The Kier molecular flexibility index (Phi) is 7.29. The first-order valence-corrected chi connectivity index (χ1v) is 14.0. The largest absolute Gasteiger partial charge is 0.465 e. The van der Waals surface area contributed by atoms with E-state index in [2.05, 4.69) is 4.72 Å². The highest BCUT2D eigenvalue weighted by atomic mass is 32.2. The number of carbonyl (C=O) groups excluding carboxylic acids is 1. The van der Waals surface area contributed by atoms with Crippen molar-refractivity contribution in [3.8, 4) is 0 Å². The average molecular weight is 480 g/mol. The smallest absolute Gasteiger partial charge is 0.337 e. The van der Waals surface area contributed by atoms with Crippen LogP contribution in [0, 0.1) is 0 Å². The van der Waals surface area contributed by atoms with Gasteiger partial charge in [-0.3, -0.25) is 4.72 Å². The molecule has 32 heavy (non-hydrogen) atoms. The maximum Gasteiger partial charge on any atom is 0.337 e. The molecule has 1 aliphatic carbocycles. The number of nitrogens with one attached hydrogen (secondary N) is 1. The van der Waals surface area contributed by atoms with Crippen LogP contribution in [0.4, 0.5) is 5.69 Å². The molecule has 7 nitrogen and oxygen atoms in total. The Morgan fingerprint density at radius 2 is 1.72 bits per heavy atom. The zero-order chi connectivity index (χ0) is 23.5. The molecule has 1 saturated carbocycles. The lowest BCUT2D eigenvalue weighted by Crippen LogP contribution is -2.21. The zero-order valence-electron chi connectivity index (χ0n) is 18.5. The van der Waals surface area contributed by atoms with Crippen molar-refractivity contribution in [2.24, 2.45) is 0 Å². The molecule has 1 aliphatic rings. The molecule has 0 amide bonds. The van der Waals surface area contributed by atoms with E-state index in [1.807, 2.05) is 0 Å². The highest BCUT2D eigenvalue weighted by molar-refractivity contribution is 7.93. The molecule has 0 radical (unpaired) electrons. The van der Waals surface area contributed by atoms with Gasteiger partial charge in [0.1, 0.15) is 5.25 Å². The number of hydrogen-bond donors (Lipinski definition) is 1. The van der Waals surface area contributed by atoms with Gasteiger partial charge in [-0.05, 0) is 61.1 Å². The zero-order valence-corrected chi connectivity index (χ0v) is 20.1. The van der Waals surface area contributed by atoms with Crippen LogP contribution in [-0.4, -0.2) is 36.2 Å². The average Bonchev–Trinajstić information content (AvgIpc) is 2.77. The molecule has 0 aliphatic heterocycles. The number of hydrogen-bond acceptors (Lipinski definition) is 6. The number of anilines is 1. The fourth-order valence-corrected chi connectivity index (χ4v) is 5.89. The van der Waals surface area contributed by atoms with Gasteiger partial charge in [0.2, 0.25) is 10.0 Å². The van der Waals surface area contributed by atoms with Crippen molar-refractivity contribution in [2.45, 2.75) is 55.1 Å². The quantitative estimate of drug-likeness (QED) is 0.589. The second-order valence-corrected chi connectivity index (χ2v) is 12.3. The summed E-state index contributed by atoms with van der Waals surface area (Å²) < 4.78 is 58.1. The highest BCUT2D eigenvalue weighted by Crippen LogP contribution is 2.38. The molecule has 1 unspecified atom stereocenters. The molecule has 0 spiro atoms. The van der Waals surface area contributed by atoms with Gasteiger partial charge in [-0.15, -0.1) is 0 Å². The van der Waals surface area contributed by atoms with Crippen LogP contribution in [0.5, 0.6) is 0 Å². The van der Waals surface area contributed by atoms with Crippen molar-refractivity contribution in [3.63, 3.8) is 0 Å². The summed E-state index contributed by atoms with van der Waals surface area (Å²) in [6, 6.07) is 11.0. The van der Waals surface area contributed by atoms with E-state index in [0.29, 0.717) is 11.3 Å². The molecule has 0 aromatic heterocycles. The van der Waals surface area contributed by atoms with Crippen molar-refractivity contribution in [1.82, 2.24) is 0 Å². The third kappa shape index (κ3) is 5.50. The lowest BCUT2D eigenvalue weighted by Gasteiger charge is -2.26. The van der Waals surface area contributed by atoms with Crippen molar-refractivity contribution < 1.29 is 26.4 Å². The van der Waals surface area contributed by atoms with E-state index in [1.54, 1.807) is 30.3 Å². The first-order chi connectivity index (χ1) is 15.0. The fraction of sp³-hybridized carbons (Fsp3) is 0.435. The van der Waals surface area contributed by atoms with Gasteiger partial charge in [0, 0.05) is 6.26 Å². The van der Waals surface area contributed by atoms with Gasteiger partial charge in [0.05, 0.1) is 23.3 Å². The lowest BCUT2D eigenvalue weighted by molar-refractivity contribution is 0.0600. The molecule has 2 aromatic rings. The van der Waals surface area contributed by atoms with Crippen LogP contribution in [0.25, 0.3) is 0 Å². The summed E-state index contributed by atoms with van der Waals surface area (Å²) in [5.74, 6) is -0.377. The number of rotatable bonds is 7. The van der Waals surface area contributed by atoms with Crippen LogP contribution in [0.2, 0.25) is 0 Å². The minimum absolute atomic E-state index is 0.0649. The van der Waals surface area contributed by atoms with E-state index in [-0.39, 0.29) is 16.4 Å². The Morgan fingerprint density at radius 1 is 1.03 bits per heavy atom. The molecule has 0 saturated heterocycles. The summed E-state index contributed by atoms with van der Waals surface area (Å²) in [5.41, 5.74) is 1.81. The van der Waals surface area contributed by atoms with Gasteiger partial charge < -0.3 is 4.74 Å². The number of sulfone groups is 1. The van der Waals surface area contributed by atoms with E-state index in [1.165, 1.54) is 26.2 Å². The normalized spacial score (nSPS) is 16.3. The third-order valence-electron chi connectivity index (χ3n) is 5.99. The molecule has 0 heterocycles. The van der Waals surface area contributed by atoms with Gasteiger partial charge in [-0.2, -0.15) is 0 Å². The molecule has 174 valence electrons. The summed E-state index contributed by atoms with van der Waals surface area (Å²) >= 11 is 0. The molecule has 2 aromatic carbocycles. The van der Waals surface area contributed by atoms with Gasteiger partial charge in [0.25, 0.3) is 0 Å². The maximum absolute atomic E-state index is 13.3. The summed E-state index contributed by atoms with van der Waals surface area (Å²) in [5, 5.41) is -0.979. The Hall–Kier alpha value is -2.39. The number of carbonyl (C=O) groups is 1. The molecule has 0 bridgehead atoms. The Balaban J connectivity index is 1.99. The van der Waals surface area contributed by atoms with Crippen molar-refractivity contribution in [1.29, 1.82) is 0 Å². The Labute approximate surface area is 190 Å². The number of methoxy groups -OCH3 is 1. The van der Waals surface area contributed by atoms with E-state index in [9.17, 15) is 21.6 Å². The van der Waals surface area contributed by atoms with Crippen LogP contribution < -0.4 is 4.72 Å². The van der Waals surface area contributed by atoms with Crippen LogP contribution in [0.1, 0.15) is 71.7 Å². The first kappa shape index (κ1) is 24.3. The SMILES string of the molecule is COC(=O)c1cccc(C(C)S(=O)(=O)Nc2cc(S(C)(=O)=O)ccc2C2CCCCC2)c1. The molecule has 1 fully saturated rings. The van der Waals surface area contributed by atoms with E-state index in [0.717, 1.165) is 43.9 Å². The van der Waals surface area contributed by atoms with Gasteiger partial charge in [-0.1, -0.05) is 37.5 Å². The maximum atomic E-state index is 13.3. The summed E-state index contributed by atoms with van der Waals surface area (Å²) in [4.78, 5) is 11.9. The van der Waals surface area contributed by atoms with Crippen LogP contribution >= 0.6 is 0 Å². The number of benzene rings is 2. The predicted molar refractivity (Wildman–Crippen MR) is 124 cm³/mol. The molecular formula is C23H29NO6S2. The summed E-state index contributed by atoms with van der Waals surface area (Å²) in [6.45, 7) is 1.53. The predicted octanol–water partition coefficient (Wildman–Crippen LogP) is 4.43. The van der Waals surface area contributed by atoms with Crippen LogP contribution in [0.3, 0.4) is 0 Å². The van der Waals surface area contributed by atoms with E-state index < -0.39 is 31.1 Å².